The number of benzene rings is 2. The van der Waals surface area contributed by atoms with E-state index in [2.05, 4.69) is 35.4 Å². The van der Waals surface area contributed by atoms with E-state index in [4.69, 9.17) is 0 Å². The molecule has 1 amide bonds. The Morgan fingerprint density at radius 1 is 1.21 bits per heavy atom. The van der Waals surface area contributed by atoms with Crippen LogP contribution in [0.5, 0.6) is 0 Å². The van der Waals surface area contributed by atoms with Gasteiger partial charge in [0.1, 0.15) is 0 Å². The molecule has 4 nitrogen and oxygen atoms in total. The van der Waals surface area contributed by atoms with Crippen LogP contribution in [0.25, 0.3) is 11.3 Å². The van der Waals surface area contributed by atoms with Gasteiger partial charge in [0.05, 0.1) is 12.1 Å². The highest BCUT2D eigenvalue weighted by molar-refractivity contribution is 7.14. The molecule has 0 saturated heterocycles. The monoisotopic (exact) mass is 335 g/mol. The van der Waals surface area contributed by atoms with Gasteiger partial charge in [-0.3, -0.25) is 4.79 Å². The molecular formula is C19H17N3OS. The number of hydrogen-bond acceptors (Lipinski definition) is 4. The number of fused-ring (bicyclic) bond motifs is 1. The van der Waals surface area contributed by atoms with Gasteiger partial charge in [0, 0.05) is 29.4 Å². The fraction of sp³-hybridized carbons (Fsp3) is 0.158. The minimum Gasteiger partial charge on any atom is -0.332 e. The summed E-state index contributed by atoms with van der Waals surface area (Å²) in [4.78, 5) is 18.2. The van der Waals surface area contributed by atoms with Crippen molar-refractivity contribution in [1.82, 2.24) is 4.98 Å². The van der Waals surface area contributed by atoms with Crippen LogP contribution in [-0.4, -0.2) is 17.9 Å². The summed E-state index contributed by atoms with van der Waals surface area (Å²) in [5.74, 6) is 0.141. The van der Waals surface area contributed by atoms with Gasteiger partial charge in [0.2, 0.25) is 5.91 Å². The molecule has 1 aromatic heterocycles. The largest absolute Gasteiger partial charge is 0.332 e. The van der Waals surface area contributed by atoms with E-state index in [-0.39, 0.29) is 5.91 Å². The average Bonchev–Trinajstić information content (AvgIpc) is 3.13. The zero-order valence-corrected chi connectivity index (χ0v) is 14.4. The number of anilines is 3. The number of aromatic nitrogens is 1. The van der Waals surface area contributed by atoms with Gasteiger partial charge in [0.15, 0.2) is 5.13 Å². The molecule has 0 spiro atoms. The molecular weight excluding hydrogens is 318 g/mol. The van der Waals surface area contributed by atoms with Crippen molar-refractivity contribution in [1.29, 1.82) is 0 Å². The maximum Gasteiger partial charge on any atom is 0.231 e. The summed E-state index contributed by atoms with van der Waals surface area (Å²) in [5, 5.41) is 6.25. The standard InChI is InChI=1S/C19H17N3OS/c1-12-4-3-5-15(8-12)20-19-21-16(11-24-19)13-6-7-17-14(9-13)10-18(23)22(17)2/h3-9,11H,10H2,1-2H3,(H,20,21). The second kappa shape index (κ2) is 5.76. The Bertz CT molecular complexity index is 932. The van der Waals surface area contributed by atoms with Gasteiger partial charge in [-0.2, -0.15) is 0 Å². The predicted molar refractivity (Wildman–Crippen MR) is 99.1 cm³/mol. The van der Waals surface area contributed by atoms with Crippen molar-refractivity contribution < 1.29 is 4.79 Å². The topological polar surface area (TPSA) is 45.2 Å². The number of nitrogens with zero attached hydrogens (tertiary/aromatic N) is 2. The summed E-state index contributed by atoms with van der Waals surface area (Å²) < 4.78 is 0. The lowest BCUT2D eigenvalue weighted by atomic mass is 10.1. The summed E-state index contributed by atoms with van der Waals surface area (Å²) in [6.07, 6.45) is 0.470. The average molecular weight is 335 g/mol. The Morgan fingerprint density at radius 2 is 2.08 bits per heavy atom. The van der Waals surface area contributed by atoms with E-state index in [1.165, 1.54) is 5.56 Å². The highest BCUT2D eigenvalue weighted by Gasteiger charge is 2.24. The van der Waals surface area contributed by atoms with Crippen LogP contribution >= 0.6 is 11.3 Å². The molecule has 24 heavy (non-hydrogen) atoms. The molecule has 0 bridgehead atoms. The lowest BCUT2D eigenvalue weighted by Crippen LogP contribution is -2.20. The first-order valence-corrected chi connectivity index (χ1v) is 8.67. The highest BCUT2D eigenvalue weighted by Crippen LogP contribution is 2.33. The van der Waals surface area contributed by atoms with Gasteiger partial charge in [0.25, 0.3) is 0 Å². The molecule has 0 aliphatic carbocycles. The third-order valence-corrected chi connectivity index (χ3v) is 4.98. The van der Waals surface area contributed by atoms with Crippen LogP contribution in [0.15, 0.2) is 47.8 Å². The Morgan fingerprint density at radius 3 is 2.92 bits per heavy atom. The first kappa shape index (κ1) is 14.9. The summed E-state index contributed by atoms with van der Waals surface area (Å²) >= 11 is 1.58. The summed E-state index contributed by atoms with van der Waals surface area (Å²) in [5.41, 5.74) is 6.30. The molecule has 2 aromatic carbocycles. The van der Waals surface area contributed by atoms with Gasteiger partial charge < -0.3 is 10.2 Å². The van der Waals surface area contributed by atoms with Gasteiger partial charge in [-0.05, 0) is 42.3 Å². The number of thiazole rings is 1. The predicted octanol–water partition coefficient (Wildman–Crippen LogP) is 4.38. The van der Waals surface area contributed by atoms with Crippen LogP contribution in [0, 0.1) is 6.92 Å². The van der Waals surface area contributed by atoms with Crippen molar-refractivity contribution in [3.05, 3.63) is 59.0 Å². The maximum atomic E-state index is 11.8. The van der Waals surface area contributed by atoms with Crippen molar-refractivity contribution in [3.8, 4) is 11.3 Å². The van der Waals surface area contributed by atoms with Gasteiger partial charge in [-0.15, -0.1) is 11.3 Å². The molecule has 3 aromatic rings. The molecule has 120 valence electrons. The van der Waals surface area contributed by atoms with Crippen molar-refractivity contribution in [2.45, 2.75) is 13.3 Å². The Kier molecular flexibility index (Phi) is 3.58. The number of aryl methyl sites for hydroxylation is 1. The summed E-state index contributed by atoms with van der Waals surface area (Å²) in [6, 6.07) is 14.3. The first-order valence-electron chi connectivity index (χ1n) is 7.79. The minimum absolute atomic E-state index is 0.141. The molecule has 1 aliphatic heterocycles. The Hall–Kier alpha value is -2.66. The number of rotatable bonds is 3. The summed E-state index contributed by atoms with van der Waals surface area (Å²) in [6.45, 7) is 2.07. The van der Waals surface area contributed by atoms with Crippen LogP contribution in [0.4, 0.5) is 16.5 Å². The number of nitrogens with one attached hydrogen (secondary N) is 1. The van der Waals surface area contributed by atoms with Gasteiger partial charge in [-0.1, -0.05) is 18.2 Å². The van der Waals surface area contributed by atoms with Crippen molar-refractivity contribution in [2.24, 2.45) is 0 Å². The maximum absolute atomic E-state index is 11.8. The number of hydrogen-bond donors (Lipinski definition) is 1. The lowest BCUT2D eigenvalue weighted by molar-refractivity contribution is -0.117. The molecule has 0 radical (unpaired) electrons. The lowest BCUT2D eigenvalue weighted by Gasteiger charge is -2.09. The molecule has 0 atom stereocenters. The van der Waals surface area contributed by atoms with E-state index in [9.17, 15) is 4.79 Å². The highest BCUT2D eigenvalue weighted by atomic mass is 32.1. The van der Waals surface area contributed by atoms with E-state index in [0.717, 1.165) is 33.3 Å². The van der Waals surface area contributed by atoms with Gasteiger partial charge in [-0.25, -0.2) is 4.98 Å². The zero-order chi connectivity index (χ0) is 16.7. The molecule has 1 aliphatic rings. The van der Waals surface area contributed by atoms with Crippen molar-refractivity contribution in [3.63, 3.8) is 0 Å². The fourth-order valence-electron chi connectivity index (χ4n) is 2.94. The van der Waals surface area contributed by atoms with E-state index in [1.807, 2.05) is 36.7 Å². The van der Waals surface area contributed by atoms with Crippen molar-refractivity contribution in [2.75, 3.05) is 17.3 Å². The van der Waals surface area contributed by atoms with Crippen LogP contribution in [0.2, 0.25) is 0 Å². The number of carbonyl (C=O) groups is 1. The van der Waals surface area contributed by atoms with Crippen molar-refractivity contribution >= 4 is 33.8 Å². The quantitative estimate of drug-likeness (QED) is 0.772. The normalized spacial score (nSPS) is 13.2. The molecule has 0 fully saturated rings. The van der Waals surface area contributed by atoms with Crippen LogP contribution in [-0.2, 0) is 11.2 Å². The minimum atomic E-state index is 0.141. The Labute approximate surface area is 144 Å². The molecule has 5 heteroatoms. The second-order valence-electron chi connectivity index (χ2n) is 6.01. The molecule has 0 unspecified atom stereocenters. The third kappa shape index (κ3) is 2.67. The number of likely N-dealkylation sites (N-methyl/N-ethyl adjacent to an activating group) is 1. The van der Waals surface area contributed by atoms with E-state index in [1.54, 1.807) is 16.2 Å². The first-order chi connectivity index (χ1) is 11.6. The Balaban J connectivity index is 1.59. The third-order valence-electron chi connectivity index (χ3n) is 4.23. The van der Waals surface area contributed by atoms with Gasteiger partial charge >= 0.3 is 0 Å². The zero-order valence-electron chi connectivity index (χ0n) is 13.5. The number of carbonyl (C=O) groups excluding carboxylic acids is 1. The smallest absolute Gasteiger partial charge is 0.231 e. The molecule has 0 saturated carbocycles. The van der Waals surface area contributed by atoms with E-state index >= 15 is 0 Å². The van der Waals surface area contributed by atoms with Crippen LogP contribution < -0.4 is 10.2 Å². The molecule has 1 N–H and O–H groups in total. The van der Waals surface area contributed by atoms with E-state index < -0.39 is 0 Å². The number of amides is 1. The van der Waals surface area contributed by atoms with E-state index in [0.29, 0.717) is 6.42 Å². The SMILES string of the molecule is Cc1cccc(Nc2nc(-c3ccc4c(c3)CC(=O)N4C)cs2)c1. The van der Waals surface area contributed by atoms with Crippen LogP contribution in [0.1, 0.15) is 11.1 Å². The fourth-order valence-corrected chi connectivity index (χ4v) is 3.68. The molecule has 2 heterocycles. The summed E-state index contributed by atoms with van der Waals surface area (Å²) in [7, 11) is 1.82. The van der Waals surface area contributed by atoms with Crippen LogP contribution in [0.3, 0.4) is 0 Å². The molecule has 4 rings (SSSR count). The second-order valence-corrected chi connectivity index (χ2v) is 6.86.